The topological polar surface area (TPSA) is 42.6 Å². The van der Waals surface area contributed by atoms with Gasteiger partial charge in [0.15, 0.2) is 0 Å². The average Bonchev–Trinajstić information content (AvgIpc) is 3.28. The highest BCUT2D eigenvalue weighted by atomic mass is 16.2. The number of anilines is 2. The van der Waals surface area contributed by atoms with Crippen LogP contribution in [0, 0.1) is 5.92 Å². The Morgan fingerprint density at radius 1 is 1.00 bits per heavy atom. The molecule has 5 nitrogen and oxygen atoms in total. The molecule has 162 valence electrons. The summed E-state index contributed by atoms with van der Waals surface area (Å²) in [5, 5.41) is 1.30. The predicted octanol–water partition coefficient (Wildman–Crippen LogP) is 4.29. The largest absolute Gasteiger partial charge is 0.368 e. The summed E-state index contributed by atoms with van der Waals surface area (Å²) in [5.41, 5.74) is 4.94. The molecule has 0 saturated carbocycles. The third-order valence-electron chi connectivity index (χ3n) is 6.85. The zero-order chi connectivity index (χ0) is 21.4. The Labute approximate surface area is 184 Å². The minimum absolute atomic E-state index is 0.00680. The second-order valence-electron chi connectivity index (χ2n) is 9.19. The van der Waals surface area contributed by atoms with E-state index in [1.54, 1.807) is 0 Å². The molecule has 0 radical (unpaired) electrons. The summed E-state index contributed by atoms with van der Waals surface area (Å²) in [6, 6.07) is 17.4. The highest BCUT2D eigenvalue weighted by molar-refractivity contribution is 5.96. The molecule has 5 rings (SSSR count). The van der Waals surface area contributed by atoms with Gasteiger partial charge >= 0.3 is 0 Å². The molecule has 31 heavy (non-hydrogen) atoms. The number of nitrogens with one attached hydrogen (secondary N) is 1. The molecule has 2 aromatic carbocycles. The summed E-state index contributed by atoms with van der Waals surface area (Å²) in [5.74, 6) is 0.252. The zero-order valence-corrected chi connectivity index (χ0v) is 18.6. The highest BCUT2D eigenvalue weighted by Gasteiger charge is 2.33. The Morgan fingerprint density at radius 3 is 2.58 bits per heavy atom. The number of benzene rings is 2. The van der Waals surface area contributed by atoms with Crippen molar-refractivity contribution in [2.24, 2.45) is 5.92 Å². The molecular weight excluding hydrogens is 384 g/mol. The van der Waals surface area contributed by atoms with E-state index >= 15 is 0 Å². The molecule has 0 bridgehead atoms. The monoisotopic (exact) mass is 416 g/mol. The van der Waals surface area contributed by atoms with Gasteiger partial charge < -0.3 is 14.8 Å². The second-order valence-corrected chi connectivity index (χ2v) is 9.19. The molecule has 1 amide bonds. The minimum atomic E-state index is 0.00680. The van der Waals surface area contributed by atoms with Gasteiger partial charge in [-0.05, 0) is 42.7 Å². The normalized spacial score (nSPS) is 19.8. The van der Waals surface area contributed by atoms with Crippen molar-refractivity contribution in [3.63, 3.8) is 0 Å². The molecule has 1 saturated heterocycles. The van der Waals surface area contributed by atoms with E-state index in [2.05, 4.69) is 68.2 Å². The van der Waals surface area contributed by atoms with Crippen LogP contribution in [0.1, 0.15) is 25.8 Å². The van der Waals surface area contributed by atoms with Crippen LogP contribution in [0.3, 0.4) is 0 Å². The lowest BCUT2D eigenvalue weighted by atomic mass is 9.93. The third kappa shape index (κ3) is 3.83. The number of carbonyl (C=O) groups is 1. The van der Waals surface area contributed by atoms with Crippen LogP contribution >= 0.6 is 0 Å². The van der Waals surface area contributed by atoms with E-state index in [0.29, 0.717) is 0 Å². The highest BCUT2D eigenvalue weighted by Crippen LogP contribution is 2.33. The van der Waals surface area contributed by atoms with E-state index in [4.69, 9.17) is 0 Å². The first kappa shape index (κ1) is 20.1. The quantitative estimate of drug-likeness (QED) is 0.690. The van der Waals surface area contributed by atoms with Gasteiger partial charge in [-0.3, -0.25) is 9.69 Å². The van der Waals surface area contributed by atoms with E-state index in [1.807, 2.05) is 20.0 Å². The molecule has 1 fully saturated rings. The van der Waals surface area contributed by atoms with E-state index in [1.165, 1.54) is 22.2 Å². The predicted molar refractivity (Wildman–Crippen MR) is 128 cm³/mol. The summed E-state index contributed by atoms with van der Waals surface area (Å²) < 4.78 is 0. The van der Waals surface area contributed by atoms with Crippen LogP contribution in [-0.4, -0.2) is 54.6 Å². The van der Waals surface area contributed by atoms with Gasteiger partial charge in [0, 0.05) is 73.2 Å². The van der Waals surface area contributed by atoms with Gasteiger partial charge in [-0.1, -0.05) is 38.1 Å². The van der Waals surface area contributed by atoms with Crippen LogP contribution < -0.4 is 9.80 Å². The Morgan fingerprint density at radius 2 is 1.77 bits per heavy atom. The number of aromatic nitrogens is 1. The third-order valence-corrected chi connectivity index (χ3v) is 6.85. The van der Waals surface area contributed by atoms with Crippen LogP contribution in [0.15, 0.2) is 54.7 Å². The van der Waals surface area contributed by atoms with E-state index in [9.17, 15) is 4.79 Å². The molecule has 1 unspecified atom stereocenters. The maximum absolute atomic E-state index is 13.1. The van der Waals surface area contributed by atoms with Crippen LogP contribution in [0.25, 0.3) is 10.9 Å². The molecule has 0 aliphatic carbocycles. The Bertz CT molecular complexity index is 1060. The Hall–Kier alpha value is -2.79. The van der Waals surface area contributed by atoms with Gasteiger partial charge in [-0.15, -0.1) is 0 Å². The fourth-order valence-electron chi connectivity index (χ4n) is 5.17. The molecule has 1 atom stereocenters. The van der Waals surface area contributed by atoms with Crippen molar-refractivity contribution in [1.82, 2.24) is 9.88 Å². The number of piperazine rings is 1. The minimum Gasteiger partial charge on any atom is -0.368 e. The number of H-pyrrole nitrogens is 1. The van der Waals surface area contributed by atoms with E-state index < -0.39 is 0 Å². The summed E-state index contributed by atoms with van der Waals surface area (Å²) in [6.45, 7) is 9.08. The Balaban J connectivity index is 1.29. The Kier molecular flexibility index (Phi) is 5.45. The van der Waals surface area contributed by atoms with Crippen molar-refractivity contribution in [1.29, 1.82) is 0 Å². The fraction of sp³-hybridized carbons (Fsp3) is 0.423. The lowest BCUT2D eigenvalue weighted by Gasteiger charge is -2.43. The molecule has 1 aromatic heterocycles. The van der Waals surface area contributed by atoms with Crippen LogP contribution in [0.5, 0.6) is 0 Å². The number of aromatic amines is 1. The van der Waals surface area contributed by atoms with Gasteiger partial charge in [0.25, 0.3) is 0 Å². The maximum atomic E-state index is 13.1. The summed E-state index contributed by atoms with van der Waals surface area (Å²) >= 11 is 0. The van der Waals surface area contributed by atoms with Gasteiger partial charge in [0.2, 0.25) is 5.91 Å². The first-order valence-corrected chi connectivity index (χ1v) is 11.6. The number of para-hydroxylation sites is 1. The van der Waals surface area contributed by atoms with Crippen molar-refractivity contribution in [2.45, 2.75) is 32.7 Å². The maximum Gasteiger partial charge on any atom is 0.229 e. The molecule has 0 spiro atoms. The van der Waals surface area contributed by atoms with Gasteiger partial charge in [0.05, 0.1) is 0 Å². The number of nitrogens with zero attached hydrogens (tertiary/aromatic N) is 3. The number of hydrogen-bond acceptors (Lipinski definition) is 3. The number of aryl methyl sites for hydroxylation is 1. The van der Waals surface area contributed by atoms with Crippen molar-refractivity contribution < 1.29 is 4.79 Å². The van der Waals surface area contributed by atoms with Gasteiger partial charge in [-0.2, -0.15) is 0 Å². The van der Waals surface area contributed by atoms with E-state index in [0.717, 1.165) is 51.3 Å². The van der Waals surface area contributed by atoms with Crippen molar-refractivity contribution in [3.05, 3.63) is 60.3 Å². The molecule has 1 N–H and O–H groups in total. The van der Waals surface area contributed by atoms with Crippen LogP contribution in [0.4, 0.5) is 11.4 Å². The van der Waals surface area contributed by atoms with Gasteiger partial charge in [0.1, 0.15) is 0 Å². The van der Waals surface area contributed by atoms with Crippen LogP contribution in [0.2, 0.25) is 0 Å². The molecule has 3 aromatic rings. The fourth-order valence-corrected chi connectivity index (χ4v) is 5.17. The number of hydrogen-bond donors (Lipinski definition) is 1. The lowest BCUT2D eigenvalue weighted by Crippen LogP contribution is -2.54. The van der Waals surface area contributed by atoms with Crippen molar-refractivity contribution in [2.75, 3.05) is 42.5 Å². The molecule has 2 aliphatic rings. The number of fused-ring (bicyclic) bond motifs is 2. The number of amides is 1. The standard InChI is InChI=1S/C26H32N4O/c1-19(2)26(31)30-21(11-10-20-6-3-4-8-24(20)30)18-28-14-16-29(17-15-28)25-9-5-7-23-22(25)12-13-27-23/h3-9,12-13,19,21,27H,10-11,14-18H2,1-2H3. The van der Waals surface area contributed by atoms with Gasteiger partial charge in [-0.25, -0.2) is 0 Å². The molecule has 3 heterocycles. The lowest BCUT2D eigenvalue weighted by molar-refractivity contribution is -0.122. The molecular formula is C26H32N4O. The van der Waals surface area contributed by atoms with Crippen molar-refractivity contribution >= 4 is 28.2 Å². The molecule has 2 aliphatic heterocycles. The van der Waals surface area contributed by atoms with Crippen LogP contribution in [-0.2, 0) is 11.2 Å². The average molecular weight is 417 g/mol. The van der Waals surface area contributed by atoms with Crippen molar-refractivity contribution in [3.8, 4) is 0 Å². The number of rotatable bonds is 4. The second kappa shape index (κ2) is 8.39. The summed E-state index contributed by atoms with van der Waals surface area (Å²) in [6.07, 6.45) is 4.11. The number of carbonyl (C=O) groups excluding carboxylic acids is 1. The summed E-state index contributed by atoms with van der Waals surface area (Å²) in [4.78, 5) is 23.6. The van der Waals surface area contributed by atoms with E-state index in [-0.39, 0.29) is 17.9 Å². The smallest absolute Gasteiger partial charge is 0.229 e. The molecule has 5 heteroatoms. The summed E-state index contributed by atoms with van der Waals surface area (Å²) in [7, 11) is 0. The zero-order valence-electron chi connectivity index (χ0n) is 18.6. The SMILES string of the molecule is CC(C)C(=O)N1c2ccccc2CCC1CN1CCN(c2cccc3[nH]ccc23)CC1. The first-order valence-electron chi connectivity index (χ1n) is 11.6. The first-order chi connectivity index (χ1) is 15.1.